The van der Waals surface area contributed by atoms with Crippen molar-refractivity contribution in [1.82, 2.24) is 10.2 Å². The Labute approximate surface area is 198 Å². The van der Waals surface area contributed by atoms with Gasteiger partial charge in [0.25, 0.3) is 0 Å². The maximum Gasteiger partial charge on any atom is 0.230 e. The normalized spacial score (nSPS) is 10.9. The van der Waals surface area contributed by atoms with Crippen molar-refractivity contribution < 1.29 is 4.79 Å². The number of rotatable bonds is 11. The summed E-state index contributed by atoms with van der Waals surface area (Å²) in [5.74, 6) is 12.7. The number of hydrogen-bond acceptors (Lipinski definition) is 3. The molecule has 3 nitrogen and oxygen atoms in total. The highest BCUT2D eigenvalue weighted by Crippen LogP contribution is 2.27. The molecule has 1 amide bonds. The summed E-state index contributed by atoms with van der Waals surface area (Å²) in [6.45, 7) is 11.6. The third-order valence-corrected chi connectivity index (χ3v) is 5.90. The van der Waals surface area contributed by atoms with Crippen molar-refractivity contribution in [3.63, 3.8) is 0 Å². The van der Waals surface area contributed by atoms with Crippen LogP contribution in [0.5, 0.6) is 0 Å². The molecule has 170 valence electrons. The van der Waals surface area contributed by atoms with E-state index in [0.29, 0.717) is 18.8 Å². The molecule has 0 spiro atoms. The SMILES string of the molecule is CCCCCN(CC#CC#CC(C)(C)C)CCNC(=O)CSc1cccc2ccccc12. The van der Waals surface area contributed by atoms with Crippen LogP contribution in [0.2, 0.25) is 0 Å². The molecule has 4 heteroatoms. The molecule has 1 N–H and O–H groups in total. The van der Waals surface area contributed by atoms with E-state index in [4.69, 9.17) is 0 Å². The average Bonchev–Trinajstić information content (AvgIpc) is 2.76. The Morgan fingerprint density at radius 1 is 1.03 bits per heavy atom. The number of hydrogen-bond donors (Lipinski definition) is 1. The summed E-state index contributed by atoms with van der Waals surface area (Å²) >= 11 is 1.59. The van der Waals surface area contributed by atoms with Gasteiger partial charge in [0.2, 0.25) is 5.91 Å². The van der Waals surface area contributed by atoms with Crippen LogP contribution in [-0.4, -0.2) is 42.7 Å². The zero-order chi connectivity index (χ0) is 23.2. The van der Waals surface area contributed by atoms with E-state index >= 15 is 0 Å². The maximum atomic E-state index is 12.4. The summed E-state index contributed by atoms with van der Waals surface area (Å²) in [5.41, 5.74) is -0.0240. The van der Waals surface area contributed by atoms with Gasteiger partial charge in [0, 0.05) is 23.4 Å². The van der Waals surface area contributed by atoms with Crippen LogP contribution in [0.15, 0.2) is 47.4 Å². The molecule has 0 unspecified atom stereocenters. The zero-order valence-corrected chi connectivity index (χ0v) is 20.8. The van der Waals surface area contributed by atoms with Crippen LogP contribution < -0.4 is 5.32 Å². The minimum absolute atomic E-state index is 0.0240. The first-order valence-electron chi connectivity index (χ1n) is 11.5. The van der Waals surface area contributed by atoms with Gasteiger partial charge in [-0.3, -0.25) is 9.69 Å². The molecule has 0 aliphatic carbocycles. The van der Waals surface area contributed by atoms with Crippen LogP contribution in [-0.2, 0) is 4.79 Å². The van der Waals surface area contributed by atoms with Crippen molar-refractivity contribution in [1.29, 1.82) is 0 Å². The van der Waals surface area contributed by atoms with Crippen LogP contribution >= 0.6 is 11.8 Å². The molecule has 2 rings (SSSR count). The summed E-state index contributed by atoms with van der Waals surface area (Å²) in [6.07, 6.45) is 3.55. The van der Waals surface area contributed by atoms with E-state index in [1.54, 1.807) is 11.8 Å². The highest BCUT2D eigenvalue weighted by Gasteiger charge is 2.08. The van der Waals surface area contributed by atoms with Gasteiger partial charge in [0.1, 0.15) is 0 Å². The van der Waals surface area contributed by atoms with Crippen molar-refractivity contribution in [2.45, 2.75) is 51.9 Å². The van der Waals surface area contributed by atoms with Crippen molar-refractivity contribution >= 4 is 28.4 Å². The number of benzene rings is 2. The minimum Gasteiger partial charge on any atom is -0.354 e. The molecular weight excluding hydrogens is 412 g/mol. The Hall–Kier alpha value is -2.40. The van der Waals surface area contributed by atoms with Gasteiger partial charge >= 0.3 is 0 Å². The molecular formula is C28H36N2OS. The van der Waals surface area contributed by atoms with Crippen molar-refractivity contribution in [2.24, 2.45) is 5.41 Å². The Bertz CT molecular complexity index is 980. The Balaban J connectivity index is 1.80. The Morgan fingerprint density at radius 3 is 2.59 bits per heavy atom. The molecule has 0 fully saturated rings. The highest BCUT2D eigenvalue weighted by atomic mass is 32.2. The monoisotopic (exact) mass is 448 g/mol. The molecule has 0 aliphatic rings. The van der Waals surface area contributed by atoms with Gasteiger partial charge in [-0.1, -0.05) is 68.0 Å². The average molecular weight is 449 g/mol. The van der Waals surface area contributed by atoms with E-state index in [0.717, 1.165) is 24.4 Å². The highest BCUT2D eigenvalue weighted by molar-refractivity contribution is 8.00. The molecule has 0 atom stereocenters. The number of unbranched alkanes of at least 4 members (excludes halogenated alkanes) is 2. The lowest BCUT2D eigenvalue weighted by atomic mass is 9.98. The smallest absolute Gasteiger partial charge is 0.230 e. The van der Waals surface area contributed by atoms with E-state index in [1.807, 2.05) is 18.2 Å². The van der Waals surface area contributed by atoms with Crippen LogP contribution in [0.25, 0.3) is 10.8 Å². The van der Waals surface area contributed by atoms with Crippen molar-refractivity contribution in [2.75, 3.05) is 31.9 Å². The summed E-state index contributed by atoms with van der Waals surface area (Å²) in [5, 5.41) is 5.47. The summed E-state index contributed by atoms with van der Waals surface area (Å²) in [6, 6.07) is 14.5. The number of amides is 1. The summed E-state index contributed by atoms with van der Waals surface area (Å²) in [7, 11) is 0. The van der Waals surface area contributed by atoms with Gasteiger partial charge in [-0.25, -0.2) is 0 Å². The first kappa shape index (κ1) is 25.9. The lowest BCUT2D eigenvalue weighted by Crippen LogP contribution is -2.36. The lowest BCUT2D eigenvalue weighted by Gasteiger charge is -2.19. The number of carbonyl (C=O) groups excluding carboxylic acids is 1. The lowest BCUT2D eigenvalue weighted by molar-refractivity contribution is -0.118. The van der Waals surface area contributed by atoms with Gasteiger partial charge in [-0.05, 0) is 62.4 Å². The quantitative estimate of drug-likeness (QED) is 0.276. The fraction of sp³-hybridized carbons (Fsp3) is 0.464. The molecule has 2 aromatic carbocycles. The number of carbonyl (C=O) groups is 1. The van der Waals surface area contributed by atoms with Crippen LogP contribution in [0, 0.1) is 29.1 Å². The van der Waals surface area contributed by atoms with E-state index in [9.17, 15) is 4.79 Å². The van der Waals surface area contributed by atoms with Crippen LogP contribution in [0.3, 0.4) is 0 Å². The maximum absolute atomic E-state index is 12.4. The molecule has 0 heterocycles. The standard InChI is InChI=1S/C28H36N2OS/c1-5-6-11-20-30(21-12-7-10-18-28(2,3)4)22-19-29-27(31)23-32-26-17-13-15-24-14-8-9-16-25(24)26/h8-9,13-17H,5-6,11,19-23H2,1-4H3,(H,29,31). The van der Waals surface area contributed by atoms with E-state index in [-0.39, 0.29) is 11.3 Å². The number of fused-ring (bicyclic) bond motifs is 1. The van der Waals surface area contributed by atoms with E-state index in [1.165, 1.54) is 23.6 Å². The molecule has 32 heavy (non-hydrogen) atoms. The van der Waals surface area contributed by atoms with E-state index < -0.39 is 0 Å². The number of nitrogens with zero attached hydrogens (tertiary/aromatic N) is 1. The molecule has 2 aromatic rings. The van der Waals surface area contributed by atoms with Crippen LogP contribution in [0.1, 0.15) is 47.0 Å². The zero-order valence-electron chi connectivity index (χ0n) is 20.0. The van der Waals surface area contributed by atoms with Gasteiger partial charge < -0.3 is 5.32 Å². The summed E-state index contributed by atoms with van der Waals surface area (Å²) < 4.78 is 0. The molecule has 0 radical (unpaired) electrons. The van der Waals surface area contributed by atoms with Gasteiger partial charge in [-0.2, -0.15) is 0 Å². The van der Waals surface area contributed by atoms with Crippen molar-refractivity contribution in [3.8, 4) is 23.7 Å². The third kappa shape index (κ3) is 10.3. The third-order valence-electron chi connectivity index (χ3n) is 4.83. The second kappa shape index (κ2) is 13.9. The molecule has 0 saturated carbocycles. The molecule has 0 aliphatic heterocycles. The van der Waals surface area contributed by atoms with Crippen LogP contribution in [0.4, 0.5) is 0 Å². The van der Waals surface area contributed by atoms with Crippen molar-refractivity contribution in [3.05, 3.63) is 42.5 Å². The Kier molecular flexibility index (Phi) is 11.2. The number of nitrogens with one attached hydrogen (secondary N) is 1. The summed E-state index contributed by atoms with van der Waals surface area (Å²) in [4.78, 5) is 15.8. The fourth-order valence-electron chi connectivity index (χ4n) is 3.14. The molecule has 0 bridgehead atoms. The van der Waals surface area contributed by atoms with Gasteiger partial charge in [0.15, 0.2) is 0 Å². The molecule has 0 saturated heterocycles. The fourth-order valence-corrected chi connectivity index (χ4v) is 4.04. The predicted octanol–water partition coefficient (Wildman–Crippen LogP) is 5.59. The number of thioether (sulfide) groups is 1. The second-order valence-corrected chi connectivity index (χ2v) is 9.92. The Morgan fingerprint density at radius 2 is 1.81 bits per heavy atom. The first-order valence-corrected chi connectivity index (χ1v) is 12.5. The minimum atomic E-state index is -0.0240. The van der Waals surface area contributed by atoms with E-state index in [2.05, 4.69) is 85.9 Å². The van der Waals surface area contributed by atoms with Gasteiger partial charge in [-0.15, -0.1) is 11.8 Å². The largest absolute Gasteiger partial charge is 0.354 e. The second-order valence-electron chi connectivity index (χ2n) is 8.90. The van der Waals surface area contributed by atoms with Gasteiger partial charge in [0.05, 0.1) is 12.3 Å². The first-order chi connectivity index (χ1) is 15.4. The predicted molar refractivity (Wildman–Crippen MR) is 139 cm³/mol. The molecule has 0 aromatic heterocycles. The topological polar surface area (TPSA) is 32.3 Å².